The van der Waals surface area contributed by atoms with Crippen molar-refractivity contribution in [1.82, 2.24) is 0 Å². The summed E-state index contributed by atoms with van der Waals surface area (Å²) in [6, 6.07) is 5.48. The lowest BCUT2D eigenvalue weighted by molar-refractivity contribution is 0.151. The van der Waals surface area contributed by atoms with Crippen LogP contribution in [0.4, 0.5) is 10.1 Å². The molecule has 5 heteroatoms. The minimum Gasteiger partial charge on any atom is -0.389 e. The van der Waals surface area contributed by atoms with E-state index >= 15 is 0 Å². The van der Waals surface area contributed by atoms with Crippen molar-refractivity contribution in [2.24, 2.45) is 0 Å². The van der Waals surface area contributed by atoms with E-state index in [0.29, 0.717) is 10.7 Å². The van der Waals surface area contributed by atoms with Crippen LogP contribution in [-0.2, 0) is 0 Å². The lowest BCUT2D eigenvalue weighted by Gasteiger charge is -2.10. The number of rotatable bonds is 4. The van der Waals surface area contributed by atoms with E-state index in [-0.39, 0.29) is 6.54 Å². The normalized spacial score (nSPS) is 12.6. The van der Waals surface area contributed by atoms with Crippen molar-refractivity contribution in [1.29, 1.82) is 0 Å². The molecule has 0 heterocycles. The van der Waals surface area contributed by atoms with Gasteiger partial charge in [-0.05, 0) is 40.8 Å². The summed E-state index contributed by atoms with van der Waals surface area (Å²) in [4.78, 5) is 0. The second-order valence-electron chi connectivity index (χ2n) is 2.81. The summed E-state index contributed by atoms with van der Waals surface area (Å²) in [5.74, 6) is 0. The summed E-state index contributed by atoms with van der Waals surface area (Å²) in [5.41, 5.74) is 0.708. The highest BCUT2D eigenvalue weighted by molar-refractivity contribution is 14.1. The number of alkyl halides is 1. The summed E-state index contributed by atoms with van der Waals surface area (Å²) < 4.78 is 13.0. The third-order valence-electron chi connectivity index (χ3n) is 1.64. The Hall–Kier alpha value is -0.0700. The van der Waals surface area contributed by atoms with E-state index in [1.165, 1.54) is 0 Å². The van der Waals surface area contributed by atoms with Gasteiger partial charge in [-0.2, -0.15) is 0 Å². The maximum atomic E-state index is 11.9. The van der Waals surface area contributed by atoms with Crippen LogP contribution < -0.4 is 5.32 Å². The number of benzene rings is 1. The molecule has 0 amide bonds. The van der Waals surface area contributed by atoms with E-state index in [1.54, 1.807) is 12.1 Å². The molecular formula is C9H10ClFINO. The fraction of sp³-hybridized carbons (Fsp3) is 0.333. The van der Waals surface area contributed by atoms with Crippen LogP contribution in [-0.4, -0.2) is 24.4 Å². The summed E-state index contributed by atoms with van der Waals surface area (Å²) in [5, 5.41) is 12.4. The first-order chi connectivity index (χ1) is 6.63. The minimum absolute atomic E-state index is 0.164. The van der Waals surface area contributed by atoms with Gasteiger partial charge in [0.15, 0.2) is 0 Å². The molecule has 0 fully saturated rings. The standard InChI is InChI=1S/C9H10ClFINO/c10-8-3-6(12)1-2-9(8)13-5-7(14)4-11/h1-3,7,13-14H,4-5H2. The Bertz CT molecular complexity index is 311. The first kappa shape index (κ1) is 12.0. The van der Waals surface area contributed by atoms with E-state index in [9.17, 15) is 4.39 Å². The van der Waals surface area contributed by atoms with E-state index < -0.39 is 12.8 Å². The van der Waals surface area contributed by atoms with E-state index in [4.69, 9.17) is 16.7 Å². The van der Waals surface area contributed by atoms with Gasteiger partial charge in [0, 0.05) is 10.1 Å². The molecule has 0 aliphatic rings. The zero-order valence-corrected chi connectivity index (χ0v) is 10.2. The summed E-state index contributed by atoms with van der Waals surface area (Å²) in [7, 11) is 0. The van der Waals surface area contributed by atoms with Gasteiger partial charge < -0.3 is 10.4 Å². The molecule has 1 unspecified atom stereocenters. The van der Waals surface area contributed by atoms with Crippen LogP contribution in [0.5, 0.6) is 0 Å². The first-order valence-corrected chi connectivity index (χ1v) is 5.52. The van der Waals surface area contributed by atoms with Crippen molar-refractivity contribution < 1.29 is 9.50 Å². The van der Waals surface area contributed by atoms with Crippen molar-refractivity contribution in [3.05, 3.63) is 26.8 Å². The van der Waals surface area contributed by atoms with Crippen LogP contribution >= 0.6 is 34.2 Å². The molecule has 0 saturated carbocycles. The Kier molecular flexibility index (Phi) is 4.91. The number of halogens is 3. The third-order valence-corrected chi connectivity index (χ3v) is 2.62. The molecule has 0 aliphatic heterocycles. The fourth-order valence-corrected chi connectivity index (χ4v) is 1.84. The molecule has 0 spiro atoms. The Balaban J connectivity index is 2.59. The van der Waals surface area contributed by atoms with Gasteiger partial charge >= 0.3 is 0 Å². The predicted octanol–water partition coefficient (Wildman–Crippen LogP) is 2.69. The molecule has 0 bridgehead atoms. The Morgan fingerprint density at radius 3 is 2.86 bits per heavy atom. The molecule has 0 aromatic heterocycles. The monoisotopic (exact) mass is 329 g/mol. The highest BCUT2D eigenvalue weighted by Crippen LogP contribution is 2.23. The van der Waals surface area contributed by atoms with Crippen molar-refractivity contribution >= 4 is 39.9 Å². The molecule has 0 aliphatic carbocycles. The molecule has 2 N–H and O–H groups in total. The third kappa shape index (κ3) is 3.59. The van der Waals surface area contributed by atoms with Crippen LogP contribution in [0.15, 0.2) is 18.2 Å². The largest absolute Gasteiger partial charge is 0.389 e. The molecule has 1 rings (SSSR count). The predicted molar refractivity (Wildman–Crippen MR) is 64.6 cm³/mol. The Morgan fingerprint density at radius 2 is 2.29 bits per heavy atom. The van der Waals surface area contributed by atoms with Gasteiger partial charge in [0.1, 0.15) is 6.67 Å². The lowest BCUT2D eigenvalue weighted by Crippen LogP contribution is -2.21. The van der Waals surface area contributed by atoms with E-state index in [2.05, 4.69) is 27.9 Å². The number of hydrogen-bond donors (Lipinski definition) is 2. The number of aliphatic hydroxyl groups excluding tert-OH is 1. The minimum atomic E-state index is -0.981. The highest BCUT2D eigenvalue weighted by atomic mass is 127. The van der Waals surface area contributed by atoms with Crippen molar-refractivity contribution in [3.8, 4) is 0 Å². The molecule has 1 aromatic rings. The highest BCUT2D eigenvalue weighted by Gasteiger charge is 2.04. The number of anilines is 1. The molecule has 78 valence electrons. The number of hydrogen-bond acceptors (Lipinski definition) is 2. The van der Waals surface area contributed by atoms with Gasteiger partial charge in [0.05, 0.1) is 16.8 Å². The smallest absolute Gasteiger partial charge is 0.117 e. The van der Waals surface area contributed by atoms with Gasteiger partial charge in [-0.25, -0.2) is 4.39 Å². The Morgan fingerprint density at radius 1 is 1.57 bits per heavy atom. The van der Waals surface area contributed by atoms with E-state index in [1.807, 2.05) is 6.07 Å². The molecule has 1 atom stereocenters. The molecule has 14 heavy (non-hydrogen) atoms. The lowest BCUT2D eigenvalue weighted by atomic mass is 10.3. The van der Waals surface area contributed by atoms with Gasteiger partial charge in [-0.15, -0.1) is 0 Å². The van der Waals surface area contributed by atoms with Crippen molar-refractivity contribution in [3.63, 3.8) is 0 Å². The number of aliphatic hydroxyl groups is 1. The van der Waals surface area contributed by atoms with Crippen LogP contribution in [0.2, 0.25) is 5.02 Å². The zero-order valence-electron chi connectivity index (χ0n) is 7.30. The maximum absolute atomic E-state index is 11.9. The SMILES string of the molecule is OC(CF)CNc1ccc(I)cc1Cl. The summed E-state index contributed by atoms with van der Waals surface area (Å²) >= 11 is 8.06. The average molecular weight is 330 g/mol. The topological polar surface area (TPSA) is 32.3 Å². The maximum Gasteiger partial charge on any atom is 0.117 e. The van der Waals surface area contributed by atoms with Crippen molar-refractivity contribution in [2.45, 2.75) is 6.10 Å². The molecule has 1 aromatic carbocycles. The quantitative estimate of drug-likeness (QED) is 0.833. The van der Waals surface area contributed by atoms with Gasteiger partial charge in [0.2, 0.25) is 0 Å². The second-order valence-corrected chi connectivity index (χ2v) is 4.47. The summed E-state index contributed by atoms with van der Waals surface area (Å²) in [6.07, 6.45) is -0.981. The average Bonchev–Trinajstić information content (AvgIpc) is 2.16. The summed E-state index contributed by atoms with van der Waals surface area (Å²) in [6.45, 7) is -0.591. The number of nitrogens with one attached hydrogen (secondary N) is 1. The van der Waals surface area contributed by atoms with Crippen molar-refractivity contribution in [2.75, 3.05) is 18.5 Å². The van der Waals surface area contributed by atoms with Gasteiger partial charge in [0.25, 0.3) is 0 Å². The van der Waals surface area contributed by atoms with E-state index in [0.717, 1.165) is 3.57 Å². The molecular weight excluding hydrogens is 319 g/mol. The van der Waals surface area contributed by atoms with Crippen LogP contribution in [0.25, 0.3) is 0 Å². The first-order valence-electron chi connectivity index (χ1n) is 4.06. The van der Waals surface area contributed by atoms with Crippen LogP contribution in [0, 0.1) is 3.57 Å². The zero-order chi connectivity index (χ0) is 10.6. The Labute approximate surface area is 101 Å². The van der Waals surface area contributed by atoms with Gasteiger partial charge in [-0.1, -0.05) is 11.6 Å². The fourth-order valence-electron chi connectivity index (χ4n) is 0.915. The second kappa shape index (κ2) is 5.72. The molecule has 0 radical (unpaired) electrons. The molecule has 0 saturated heterocycles. The van der Waals surface area contributed by atoms with Crippen LogP contribution in [0.3, 0.4) is 0 Å². The van der Waals surface area contributed by atoms with Crippen LogP contribution in [0.1, 0.15) is 0 Å². The molecule has 2 nitrogen and oxygen atoms in total. The van der Waals surface area contributed by atoms with Gasteiger partial charge in [-0.3, -0.25) is 0 Å².